The maximum absolute atomic E-state index is 13.7. The topological polar surface area (TPSA) is 126 Å². The molecule has 0 unspecified atom stereocenters. The number of ether oxygens (including phenoxy) is 2. The number of nitrogens with one attached hydrogen (secondary N) is 3. The van der Waals surface area contributed by atoms with Crippen LogP contribution in [0.4, 0.5) is 0 Å². The van der Waals surface area contributed by atoms with Gasteiger partial charge in [-0.3, -0.25) is 19.2 Å². The molecule has 1 aromatic carbocycles. The van der Waals surface area contributed by atoms with Crippen LogP contribution in [0.15, 0.2) is 35.9 Å². The SMILES string of the molecule is COc1ccc(C[C@H](NC(=O)[C@@H](C)NC(=O)C2=CCCC2)C(=O)N[C@@H](CC2CCCC2)C(=O)[C@@]2(C)CO2)cc1. The van der Waals surface area contributed by atoms with E-state index in [1.807, 2.05) is 18.2 Å². The summed E-state index contributed by atoms with van der Waals surface area (Å²) in [4.78, 5) is 52.6. The molecule has 0 spiro atoms. The van der Waals surface area contributed by atoms with Gasteiger partial charge in [-0.15, -0.1) is 0 Å². The third kappa shape index (κ3) is 7.68. The quantitative estimate of drug-likeness (QED) is 0.331. The minimum absolute atomic E-state index is 0.122. The molecule has 1 heterocycles. The van der Waals surface area contributed by atoms with Crippen LogP contribution >= 0.6 is 0 Å². The maximum Gasteiger partial charge on any atom is 0.247 e. The van der Waals surface area contributed by atoms with Crippen molar-refractivity contribution in [2.75, 3.05) is 13.7 Å². The molecule has 0 radical (unpaired) electrons. The van der Waals surface area contributed by atoms with E-state index in [2.05, 4.69) is 16.0 Å². The first-order valence-electron chi connectivity index (χ1n) is 14.1. The van der Waals surface area contributed by atoms with Crippen LogP contribution in [0.25, 0.3) is 0 Å². The van der Waals surface area contributed by atoms with Gasteiger partial charge in [-0.25, -0.2) is 0 Å². The molecule has 3 amide bonds. The first-order chi connectivity index (χ1) is 18.7. The van der Waals surface area contributed by atoms with Crippen LogP contribution in [0, 0.1) is 5.92 Å². The number of carbonyl (C=O) groups excluding carboxylic acids is 4. The number of ketones is 1. The Kier molecular flexibility index (Phi) is 9.43. The van der Waals surface area contributed by atoms with Gasteiger partial charge in [0.1, 0.15) is 23.4 Å². The lowest BCUT2D eigenvalue weighted by Crippen LogP contribution is -2.57. The Labute approximate surface area is 230 Å². The molecule has 9 nitrogen and oxygen atoms in total. The lowest BCUT2D eigenvalue weighted by atomic mass is 9.90. The second kappa shape index (κ2) is 12.8. The van der Waals surface area contributed by atoms with Crippen molar-refractivity contribution in [2.45, 2.75) is 95.4 Å². The van der Waals surface area contributed by atoms with Crippen molar-refractivity contribution in [3.8, 4) is 5.75 Å². The fraction of sp³-hybridized carbons (Fsp3) is 0.600. The van der Waals surface area contributed by atoms with Gasteiger partial charge in [0.05, 0.1) is 19.8 Å². The van der Waals surface area contributed by atoms with Gasteiger partial charge in [-0.1, -0.05) is 43.9 Å². The Bertz CT molecular complexity index is 1090. The van der Waals surface area contributed by atoms with Crippen LogP contribution in [0.1, 0.15) is 70.8 Å². The van der Waals surface area contributed by atoms with E-state index in [1.165, 1.54) is 0 Å². The van der Waals surface area contributed by atoms with Crippen molar-refractivity contribution in [3.63, 3.8) is 0 Å². The molecule has 4 rings (SSSR count). The highest BCUT2D eigenvalue weighted by atomic mass is 16.6. The van der Waals surface area contributed by atoms with E-state index in [1.54, 1.807) is 33.1 Å². The summed E-state index contributed by atoms with van der Waals surface area (Å²) in [5.41, 5.74) is 0.644. The van der Waals surface area contributed by atoms with Crippen LogP contribution in [0.5, 0.6) is 5.75 Å². The summed E-state index contributed by atoms with van der Waals surface area (Å²) in [5, 5.41) is 8.52. The van der Waals surface area contributed by atoms with Crippen LogP contribution in [-0.4, -0.2) is 60.9 Å². The summed E-state index contributed by atoms with van der Waals surface area (Å²) in [6.45, 7) is 3.70. The van der Waals surface area contributed by atoms with Gasteiger partial charge in [-0.05, 0) is 63.1 Å². The predicted molar refractivity (Wildman–Crippen MR) is 146 cm³/mol. The lowest BCUT2D eigenvalue weighted by Gasteiger charge is -2.26. The van der Waals surface area contributed by atoms with E-state index in [9.17, 15) is 19.2 Å². The van der Waals surface area contributed by atoms with Crippen molar-refractivity contribution in [3.05, 3.63) is 41.5 Å². The van der Waals surface area contributed by atoms with E-state index < -0.39 is 35.5 Å². The van der Waals surface area contributed by atoms with Crippen molar-refractivity contribution < 1.29 is 28.7 Å². The third-order valence-corrected chi connectivity index (χ3v) is 8.08. The minimum atomic E-state index is -0.942. The summed E-state index contributed by atoms with van der Waals surface area (Å²) < 4.78 is 10.6. The molecule has 1 saturated carbocycles. The molecule has 1 aromatic rings. The van der Waals surface area contributed by atoms with Gasteiger partial charge in [0, 0.05) is 12.0 Å². The second-order valence-electron chi connectivity index (χ2n) is 11.3. The number of epoxide rings is 1. The summed E-state index contributed by atoms with van der Waals surface area (Å²) in [5.74, 6) is -0.227. The highest BCUT2D eigenvalue weighted by Gasteiger charge is 2.50. The van der Waals surface area contributed by atoms with Gasteiger partial charge in [0.2, 0.25) is 17.7 Å². The largest absolute Gasteiger partial charge is 0.497 e. The molecular weight excluding hydrogens is 498 g/mol. The predicted octanol–water partition coefficient (Wildman–Crippen LogP) is 2.76. The number of rotatable bonds is 13. The maximum atomic E-state index is 13.7. The average Bonchev–Trinajstić information content (AvgIpc) is 3.32. The van der Waals surface area contributed by atoms with Crippen LogP contribution in [0.3, 0.4) is 0 Å². The highest BCUT2D eigenvalue weighted by Crippen LogP contribution is 2.33. The van der Waals surface area contributed by atoms with E-state index in [4.69, 9.17) is 9.47 Å². The molecule has 2 aliphatic carbocycles. The zero-order valence-corrected chi connectivity index (χ0v) is 23.2. The zero-order chi connectivity index (χ0) is 28.0. The lowest BCUT2D eigenvalue weighted by molar-refractivity contribution is -0.134. The van der Waals surface area contributed by atoms with Gasteiger partial charge in [0.25, 0.3) is 0 Å². The zero-order valence-electron chi connectivity index (χ0n) is 23.2. The van der Waals surface area contributed by atoms with Gasteiger partial charge in [-0.2, -0.15) is 0 Å². The molecule has 0 aromatic heterocycles. The summed E-state index contributed by atoms with van der Waals surface area (Å²) in [6.07, 6.45) is 9.49. The van der Waals surface area contributed by atoms with Gasteiger partial charge < -0.3 is 25.4 Å². The molecule has 4 atom stereocenters. The van der Waals surface area contributed by atoms with Gasteiger partial charge in [0.15, 0.2) is 5.78 Å². The summed E-state index contributed by atoms with van der Waals surface area (Å²) in [7, 11) is 1.58. The van der Waals surface area contributed by atoms with Crippen molar-refractivity contribution in [1.29, 1.82) is 0 Å². The molecule has 1 aliphatic heterocycles. The normalized spacial score (nSPS) is 22.8. The fourth-order valence-corrected chi connectivity index (χ4v) is 5.44. The molecule has 3 N–H and O–H groups in total. The van der Waals surface area contributed by atoms with Crippen LogP contribution < -0.4 is 20.7 Å². The Hall–Kier alpha value is -3.20. The van der Waals surface area contributed by atoms with Crippen LogP contribution in [0.2, 0.25) is 0 Å². The Morgan fingerprint density at radius 1 is 1.00 bits per heavy atom. The monoisotopic (exact) mass is 539 g/mol. The third-order valence-electron chi connectivity index (χ3n) is 8.08. The average molecular weight is 540 g/mol. The number of hydrogen-bond donors (Lipinski definition) is 3. The first-order valence-corrected chi connectivity index (χ1v) is 14.1. The number of amides is 3. The molecule has 39 heavy (non-hydrogen) atoms. The smallest absolute Gasteiger partial charge is 0.247 e. The van der Waals surface area contributed by atoms with E-state index >= 15 is 0 Å². The highest BCUT2D eigenvalue weighted by molar-refractivity contribution is 5.99. The fourth-order valence-electron chi connectivity index (χ4n) is 5.44. The van der Waals surface area contributed by atoms with E-state index in [0.29, 0.717) is 36.7 Å². The molecular formula is C30H41N3O6. The Morgan fingerprint density at radius 3 is 2.26 bits per heavy atom. The van der Waals surface area contributed by atoms with Crippen molar-refractivity contribution >= 4 is 23.5 Å². The number of hydrogen-bond acceptors (Lipinski definition) is 6. The second-order valence-corrected chi connectivity index (χ2v) is 11.3. The number of benzene rings is 1. The molecule has 2 fully saturated rings. The molecule has 3 aliphatic rings. The summed E-state index contributed by atoms with van der Waals surface area (Å²) >= 11 is 0. The standard InChI is InChI=1S/C30H41N3O6/c1-19(31-28(36)22-10-6-7-11-22)27(35)33-25(17-21-12-14-23(38-3)15-13-21)29(37)32-24(16-20-8-4-5-9-20)26(34)30(2)18-39-30/h10,12-15,19-20,24-25H,4-9,11,16-18H2,1-3H3,(H,31,36)(H,32,37)(H,33,35)/t19-,24+,25+,30-/m1/s1. The van der Waals surface area contributed by atoms with E-state index in [0.717, 1.165) is 44.1 Å². The number of carbonyl (C=O) groups is 4. The molecule has 212 valence electrons. The van der Waals surface area contributed by atoms with Crippen LogP contribution in [-0.2, 0) is 30.3 Å². The van der Waals surface area contributed by atoms with E-state index in [-0.39, 0.29) is 18.1 Å². The van der Waals surface area contributed by atoms with Gasteiger partial charge >= 0.3 is 0 Å². The van der Waals surface area contributed by atoms with Crippen molar-refractivity contribution in [1.82, 2.24) is 16.0 Å². The number of Topliss-reactive ketones (excluding diaryl/α,β-unsaturated/α-hetero) is 1. The molecule has 1 saturated heterocycles. The minimum Gasteiger partial charge on any atom is -0.497 e. The molecule has 9 heteroatoms. The first kappa shape index (κ1) is 28.8. The van der Waals surface area contributed by atoms with Crippen molar-refractivity contribution in [2.24, 2.45) is 5.92 Å². The summed E-state index contributed by atoms with van der Waals surface area (Å²) in [6, 6.07) is 4.80. The Morgan fingerprint density at radius 2 is 1.67 bits per heavy atom. The number of methoxy groups -OCH3 is 1. The number of allylic oxidation sites excluding steroid dienone is 1. The molecule has 0 bridgehead atoms. The Balaban J connectivity index is 1.47.